The number of hydrogen-bond donors (Lipinski definition) is 1. The minimum absolute atomic E-state index is 0.0826. The second-order valence-electron chi connectivity index (χ2n) is 4.30. The van der Waals surface area contributed by atoms with Gasteiger partial charge in [0.05, 0.1) is 29.5 Å². The molecule has 1 aromatic heterocycles. The number of ether oxygens (including phenoxy) is 1. The number of aliphatic hydroxyl groups excluding tert-OH is 1. The minimum atomic E-state index is -0.454. The van der Waals surface area contributed by atoms with Crippen LogP contribution < -0.4 is 0 Å². The van der Waals surface area contributed by atoms with Crippen LogP contribution in [-0.4, -0.2) is 53.9 Å². The summed E-state index contributed by atoms with van der Waals surface area (Å²) in [6, 6.07) is 0. The van der Waals surface area contributed by atoms with Crippen LogP contribution >= 0.6 is 11.3 Å². The summed E-state index contributed by atoms with van der Waals surface area (Å²) in [5, 5.41) is 13.1. The Bertz CT molecular complexity index is 342. The molecule has 0 aliphatic carbocycles. The van der Waals surface area contributed by atoms with Crippen molar-refractivity contribution in [3.05, 3.63) is 16.1 Å². The van der Waals surface area contributed by atoms with E-state index in [-0.39, 0.29) is 6.10 Å². The molecule has 2 unspecified atom stereocenters. The summed E-state index contributed by atoms with van der Waals surface area (Å²) in [6.45, 7) is 4.42. The number of likely N-dealkylation sites (N-methyl/N-ethyl adjacent to an activating group) is 1. The summed E-state index contributed by atoms with van der Waals surface area (Å²) < 4.78 is 5.57. The molecule has 1 saturated heterocycles. The van der Waals surface area contributed by atoms with Crippen LogP contribution in [-0.2, 0) is 11.2 Å². The van der Waals surface area contributed by atoms with E-state index in [2.05, 4.69) is 16.9 Å². The molecule has 0 spiro atoms. The second kappa shape index (κ2) is 5.23. The maximum atomic E-state index is 10.1. The molecule has 1 fully saturated rings. The van der Waals surface area contributed by atoms with Gasteiger partial charge in [-0.25, -0.2) is 4.98 Å². The van der Waals surface area contributed by atoms with Crippen molar-refractivity contribution < 1.29 is 9.84 Å². The van der Waals surface area contributed by atoms with Gasteiger partial charge in [0.15, 0.2) is 0 Å². The number of hydrogen-bond acceptors (Lipinski definition) is 5. The van der Waals surface area contributed by atoms with Crippen LogP contribution in [0, 0.1) is 6.92 Å². The van der Waals surface area contributed by atoms with Crippen LogP contribution in [0.25, 0.3) is 0 Å². The van der Waals surface area contributed by atoms with Gasteiger partial charge in [0.2, 0.25) is 0 Å². The van der Waals surface area contributed by atoms with Gasteiger partial charge in [-0.2, -0.15) is 0 Å². The van der Waals surface area contributed by atoms with Crippen molar-refractivity contribution in [2.24, 2.45) is 0 Å². The molecule has 0 radical (unpaired) electrons. The van der Waals surface area contributed by atoms with Gasteiger partial charge in [0.25, 0.3) is 0 Å². The fraction of sp³-hybridized carbons (Fsp3) is 0.727. The Balaban J connectivity index is 1.89. The standard InChI is InChI=1S/C11H18N2O2S/c1-8-12-9(7-16-8)5-10(14)11-6-13(2)3-4-15-11/h7,10-11,14H,3-6H2,1-2H3. The monoisotopic (exact) mass is 242 g/mol. The van der Waals surface area contributed by atoms with Gasteiger partial charge >= 0.3 is 0 Å². The Kier molecular flexibility index (Phi) is 3.91. The number of aliphatic hydroxyl groups is 1. The Morgan fingerprint density at radius 2 is 2.56 bits per heavy atom. The van der Waals surface area contributed by atoms with Gasteiger partial charge in [-0.05, 0) is 14.0 Å². The molecule has 1 N–H and O–H groups in total. The van der Waals surface area contributed by atoms with E-state index in [4.69, 9.17) is 4.74 Å². The van der Waals surface area contributed by atoms with E-state index in [1.54, 1.807) is 11.3 Å². The van der Waals surface area contributed by atoms with Crippen LogP contribution in [0.4, 0.5) is 0 Å². The van der Waals surface area contributed by atoms with E-state index >= 15 is 0 Å². The highest BCUT2D eigenvalue weighted by molar-refractivity contribution is 7.09. The molecule has 90 valence electrons. The van der Waals surface area contributed by atoms with Crippen LogP contribution in [0.5, 0.6) is 0 Å². The van der Waals surface area contributed by atoms with Crippen molar-refractivity contribution in [3.63, 3.8) is 0 Å². The number of rotatable bonds is 3. The quantitative estimate of drug-likeness (QED) is 0.847. The first-order valence-corrected chi connectivity index (χ1v) is 6.42. The highest BCUT2D eigenvalue weighted by atomic mass is 32.1. The molecule has 16 heavy (non-hydrogen) atoms. The van der Waals surface area contributed by atoms with Gasteiger partial charge in [-0.3, -0.25) is 0 Å². The van der Waals surface area contributed by atoms with Crippen LogP contribution in [0.1, 0.15) is 10.7 Å². The highest BCUT2D eigenvalue weighted by Gasteiger charge is 2.25. The number of morpholine rings is 1. The van der Waals surface area contributed by atoms with Crippen molar-refractivity contribution in [1.82, 2.24) is 9.88 Å². The molecule has 4 nitrogen and oxygen atoms in total. The molecule has 0 amide bonds. The normalized spacial score (nSPS) is 24.6. The van der Waals surface area contributed by atoms with E-state index in [0.29, 0.717) is 13.0 Å². The lowest BCUT2D eigenvalue weighted by Gasteiger charge is -2.32. The fourth-order valence-corrected chi connectivity index (χ4v) is 2.52. The summed E-state index contributed by atoms with van der Waals surface area (Å²) in [5.74, 6) is 0. The number of aromatic nitrogens is 1. The highest BCUT2D eigenvalue weighted by Crippen LogP contribution is 2.14. The molecule has 0 aromatic carbocycles. The zero-order valence-electron chi connectivity index (χ0n) is 9.72. The molecule has 0 bridgehead atoms. The van der Waals surface area contributed by atoms with E-state index in [9.17, 15) is 5.11 Å². The fourth-order valence-electron chi connectivity index (χ4n) is 1.89. The van der Waals surface area contributed by atoms with Crippen molar-refractivity contribution in [3.8, 4) is 0 Å². The maximum Gasteiger partial charge on any atom is 0.0964 e. The number of nitrogens with zero attached hydrogens (tertiary/aromatic N) is 2. The summed E-state index contributed by atoms with van der Waals surface area (Å²) in [7, 11) is 2.05. The zero-order chi connectivity index (χ0) is 11.5. The lowest BCUT2D eigenvalue weighted by Crippen LogP contribution is -2.46. The Labute approximate surface area is 99.9 Å². The lowest BCUT2D eigenvalue weighted by atomic mass is 10.1. The molecule has 5 heteroatoms. The van der Waals surface area contributed by atoms with Crippen molar-refractivity contribution in [1.29, 1.82) is 0 Å². The SMILES string of the molecule is Cc1nc(CC(O)C2CN(C)CCO2)cs1. The lowest BCUT2D eigenvalue weighted by molar-refractivity contribution is -0.0825. The smallest absolute Gasteiger partial charge is 0.0964 e. The maximum absolute atomic E-state index is 10.1. The Hall–Kier alpha value is -0.490. The van der Waals surface area contributed by atoms with E-state index in [0.717, 1.165) is 23.8 Å². The molecule has 1 aromatic rings. The molecular weight excluding hydrogens is 224 g/mol. The van der Waals surface area contributed by atoms with Gasteiger partial charge in [0, 0.05) is 24.9 Å². The molecule has 1 aliphatic heterocycles. The van der Waals surface area contributed by atoms with Gasteiger partial charge in [0.1, 0.15) is 0 Å². The van der Waals surface area contributed by atoms with Crippen molar-refractivity contribution in [2.75, 3.05) is 26.7 Å². The number of aryl methyl sites for hydroxylation is 1. The molecule has 2 atom stereocenters. The zero-order valence-corrected chi connectivity index (χ0v) is 10.5. The van der Waals surface area contributed by atoms with Crippen LogP contribution in [0.2, 0.25) is 0 Å². The molecule has 2 rings (SSSR count). The van der Waals surface area contributed by atoms with Crippen LogP contribution in [0.15, 0.2) is 5.38 Å². The Morgan fingerprint density at radius 3 is 3.19 bits per heavy atom. The number of thiazole rings is 1. The molecule has 1 aliphatic rings. The minimum Gasteiger partial charge on any atom is -0.390 e. The first-order valence-electron chi connectivity index (χ1n) is 5.54. The summed E-state index contributed by atoms with van der Waals surface area (Å²) in [4.78, 5) is 6.54. The third-order valence-electron chi connectivity index (χ3n) is 2.81. The van der Waals surface area contributed by atoms with E-state index in [1.165, 1.54) is 0 Å². The van der Waals surface area contributed by atoms with Crippen molar-refractivity contribution in [2.45, 2.75) is 25.6 Å². The molecule has 2 heterocycles. The van der Waals surface area contributed by atoms with Gasteiger partial charge in [-0.15, -0.1) is 11.3 Å². The van der Waals surface area contributed by atoms with Crippen LogP contribution in [0.3, 0.4) is 0 Å². The third kappa shape index (κ3) is 3.01. The summed E-state index contributed by atoms with van der Waals surface area (Å²) in [5.41, 5.74) is 0.965. The van der Waals surface area contributed by atoms with Gasteiger partial charge < -0.3 is 14.7 Å². The van der Waals surface area contributed by atoms with Crippen molar-refractivity contribution >= 4 is 11.3 Å². The predicted octanol–water partition coefficient (Wildman–Crippen LogP) is 0.686. The third-order valence-corrected chi connectivity index (χ3v) is 3.63. The first-order chi connectivity index (χ1) is 7.65. The Morgan fingerprint density at radius 1 is 1.75 bits per heavy atom. The molecule has 0 saturated carbocycles. The second-order valence-corrected chi connectivity index (χ2v) is 5.36. The topological polar surface area (TPSA) is 45.6 Å². The van der Waals surface area contributed by atoms with E-state index < -0.39 is 6.10 Å². The summed E-state index contributed by atoms with van der Waals surface area (Å²) >= 11 is 1.62. The summed E-state index contributed by atoms with van der Waals surface area (Å²) in [6.07, 6.45) is 0.0491. The van der Waals surface area contributed by atoms with Gasteiger partial charge in [-0.1, -0.05) is 0 Å². The predicted molar refractivity (Wildman–Crippen MR) is 63.8 cm³/mol. The molecular formula is C11H18N2O2S. The average molecular weight is 242 g/mol. The largest absolute Gasteiger partial charge is 0.390 e. The van der Waals surface area contributed by atoms with E-state index in [1.807, 2.05) is 12.3 Å². The average Bonchev–Trinajstić information content (AvgIpc) is 2.64. The first kappa shape index (κ1) is 12.0.